The van der Waals surface area contributed by atoms with Crippen molar-refractivity contribution in [3.63, 3.8) is 0 Å². The SMILES string of the molecule is CC/C=C\C/C=C\C/C=C\C/C=C\C/C=C\C/C=C\CCCCCCC(=O)OCC(COC(=O)CCCCCCC)OC(=O)CCCCCCCCCCC/C=C\CCCCCCCC. The molecule has 0 aromatic carbocycles. The highest BCUT2D eigenvalue weighted by atomic mass is 16.6. The van der Waals surface area contributed by atoms with Gasteiger partial charge in [0.1, 0.15) is 13.2 Å². The van der Waals surface area contributed by atoms with Crippen LogP contribution >= 0.6 is 0 Å². The number of hydrogen-bond acceptors (Lipinski definition) is 6. The highest BCUT2D eigenvalue weighted by Crippen LogP contribution is 2.14. The summed E-state index contributed by atoms with van der Waals surface area (Å²) in [6, 6.07) is 0. The normalized spacial score (nSPS) is 12.7. The number of ether oxygens (including phenoxy) is 3. The third-order valence-electron chi connectivity index (χ3n) is 11.4. The highest BCUT2D eigenvalue weighted by molar-refractivity contribution is 5.71. The quantitative estimate of drug-likeness (QED) is 0.0262. The Morgan fingerprint density at radius 1 is 0.323 bits per heavy atom. The monoisotopic (exact) mass is 905 g/mol. The van der Waals surface area contributed by atoms with Gasteiger partial charge in [-0.05, 0) is 96.3 Å². The average molecular weight is 905 g/mol. The summed E-state index contributed by atoms with van der Waals surface area (Å²) in [5.41, 5.74) is 0. The highest BCUT2D eigenvalue weighted by Gasteiger charge is 2.19. The molecule has 0 spiro atoms. The van der Waals surface area contributed by atoms with Crippen molar-refractivity contribution < 1.29 is 28.6 Å². The molecule has 6 heteroatoms. The molecule has 0 N–H and O–H groups in total. The van der Waals surface area contributed by atoms with Gasteiger partial charge in [-0.3, -0.25) is 14.4 Å². The zero-order valence-corrected chi connectivity index (χ0v) is 42.5. The minimum Gasteiger partial charge on any atom is -0.462 e. The van der Waals surface area contributed by atoms with Crippen LogP contribution in [0.15, 0.2) is 85.1 Å². The van der Waals surface area contributed by atoms with E-state index in [-0.39, 0.29) is 31.1 Å². The van der Waals surface area contributed by atoms with E-state index in [1.54, 1.807) is 0 Å². The Kier molecular flexibility index (Phi) is 50.4. The molecule has 0 aliphatic rings. The number of esters is 3. The number of allylic oxidation sites excluding steroid dienone is 14. The zero-order valence-electron chi connectivity index (χ0n) is 42.5. The van der Waals surface area contributed by atoms with Gasteiger partial charge in [0.15, 0.2) is 6.10 Å². The van der Waals surface area contributed by atoms with E-state index in [1.807, 2.05) is 0 Å². The van der Waals surface area contributed by atoms with Gasteiger partial charge in [0, 0.05) is 19.3 Å². The predicted octanol–water partition coefficient (Wildman–Crippen LogP) is 18.0. The maximum Gasteiger partial charge on any atom is 0.306 e. The summed E-state index contributed by atoms with van der Waals surface area (Å²) in [6.07, 6.45) is 68.9. The molecule has 0 heterocycles. The van der Waals surface area contributed by atoms with Crippen molar-refractivity contribution in [2.75, 3.05) is 13.2 Å². The van der Waals surface area contributed by atoms with Gasteiger partial charge in [0.2, 0.25) is 0 Å². The summed E-state index contributed by atoms with van der Waals surface area (Å²) in [5, 5.41) is 0. The molecule has 372 valence electrons. The van der Waals surface area contributed by atoms with Gasteiger partial charge in [0.05, 0.1) is 0 Å². The molecule has 0 rings (SSSR count). The number of rotatable bonds is 48. The Balaban J connectivity index is 4.20. The Hall–Kier alpha value is -3.41. The van der Waals surface area contributed by atoms with Crippen LogP contribution in [0.3, 0.4) is 0 Å². The molecular formula is C59H100O6. The first-order valence-electron chi connectivity index (χ1n) is 27.1. The Labute approximate surface area is 401 Å². The van der Waals surface area contributed by atoms with E-state index in [0.717, 1.165) is 116 Å². The number of carbonyl (C=O) groups is 3. The molecule has 0 saturated heterocycles. The minimum atomic E-state index is -0.785. The second kappa shape index (κ2) is 53.2. The summed E-state index contributed by atoms with van der Waals surface area (Å²) in [7, 11) is 0. The van der Waals surface area contributed by atoms with E-state index in [4.69, 9.17) is 14.2 Å². The van der Waals surface area contributed by atoms with Gasteiger partial charge in [0.25, 0.3) is 0 Å². The van der Waals surface area contributed by atoms with E-state index in [0.29, 0.717) is 19.3 Å². The first-order chi connectivity index (χ1) is 32.0. The third kappa shape index (κ3) is 51.4. The molecule has 0 radical (unpaired) electrons. The topological polar surface area (TPSA) is 78.9 Å². The number of carbonyl (C=O) groups excluding carboxylic acids is 3. The number of hydrogen-bond donors (Lipinski definition) is 0. The summed E-state index contributed by atoms with van der Waals surface area (Å²) >= 11 is 0. The van der Waals surface area contributed by atoms with Crippen LogP contribution in [0.4, 0.5) is 0 Å². The lowest BCUT2D eigenvalue weighted by Gasteiger charge is -2.18. The maximum absolute atomic E-state index is 12.8. The van der Waals surface area contributed by atoms with Crippen molar-refractivity contribution in [3.8, 4) is 0 Å². The van der Waals surface area contributed by atoms with E-state index in [2.05, 4.69) is 106 Å². The van der Waals surface area contributed by atoms with Crippen molar-refractivity contribution in [3.05, 3.63) is 85.1 Å². The van der Waals surface area contributed by atoms with Gasteiger partial charge in [-0.2, -0.15) is 0 Å². The summed E-state index contributed by atoms with van der Waals surface area (Å²) in [6.45, 7) is 6.42. The van der Waals surface area contributed by atoms with E-state index in [9.17, 15) is 14.4 Å². The summed E-state index contributed by atoms with van der Waals surface area (Å²) in [5.74, 6) is -0.927. The maximum atomic E-state index is 12.8. The molecule has 0 amide bonds. The Bertz CT molecular complexity index is 1270. The largest absolute Gasteiger partial charge is 0.462 e. The van der Waals surface area contributed by atoms with Crippen LogP contribution in [0.25, 0.3) is 0 Å². The van der Waals surface area contributed by atoms with Gasteiger partial charge >= 0.3 is 17.9 Å². The van der Waals surface area contributed by atoms with Crippen LogP contribution < -0.4 is 0 Å². The first kappa shape index (κ1) is 61.6. The Morgan fingerprint density at radius 2 is 0.600 bits per heavy atom. The van der Waals surface area contributed by atoms with Crippen molar-refractivity contribution in [1.29, 1.82) is 0 Å². The van der Waals surface area contributed by atoms with Crippen LogP contribution in [0.1, 0.15) is 252 Å². The van der Waals surface area contributed by atoms with E-state index >= 15 is 0 Å². The second-order valence-corrected chi connectivity index (χ2v) is 17.8. The van der Waals surface area contributed by atoms with Gasteiger partial charge < -0.3 is 14.2 Å². The molecule has 0 aliphatic carbocycles. The average Bonchev–Trinajstić information content (AvgIpc) is 3.30. The van der Waals surface area contributed by atoms with Crippen LogP contribution in [0.5, 0.6) is 0 Å². The number of unbranched alkanes of at least 4 members (excludes halogenated alkanes) is 23. The standard InChI is InChI=1S/C59H100O6/c1-4-7-10-13-15-17-19-21-23-25-27-28-29-30-32-33-35-37-39-41-43-46-49-52-58(61)64-55-56(54-63-57(60)51-48-45-12-9-6-3)65-59(62)53-50-47-44-42-40-38-36-34-31-26-24-22-20-18-16-14-11-8-5-2/h7,10,15,17,21-24,27-28,30,32,35,37,56H,4-6,8-9,11-14,16,18-20,25-26,29,31,33-34,36,38-55H2,1-3H3/b10-7-,17-15-,23-21-,24-22-,28-27-,32-30-,37-35-. The summed E-state index contributed by atoms with van der Waals surface area (Å²) < 4.78 is 16.7. The Morgan fingerprint density at radius 3 is 0.954 bits per heavy atom. The third-order valence-corrected chi connectivity index (χ3v) is 11.4. The molecule has 0 aromatic heterocycles. The first-order valence-corrected chi connectivity index (χ1v) is 27.1. The molecule has 6 nitrogen and oxygen atoms in total. The fourth-order valence-electron chi connectivity index (χ4n) is 7.32. The van der Waals surface area contributed by atoms with E-state index < -0.39 is 6.10 Å². The molecule has 1 atom stereocenters. The van der Waals surface area contributed by atoms with Crippen molar-refractivity contribution in [2.24, 2.45) is 0 Å². The van der Waals surface area contributed by atoms with Gasteiger partial charge in [-0.25, -0.2) is 0 Å². The molecule has 0 aliphatic heterocycles. The van der Waals surface area contributed by atoms with Gasteiger partial charge in [-0.1, -0.05) is 221 Å². The lowest BCUT2D eigenvalue weighted by molar-refractivity contribution is -0.167. The molecular weight excluding hydrogens is 805 g/mol. The fourth-order valence-corrected chi connectivity index (χ4v) is 7.32. The molecule has 0 saturated carbocycles. The molecule has 1 unspecified atom stereocenters. The lowest BCUT2D eigenvalue weighted by Crippen LogP contribution is -2.30. The molecule has 0 bridgehead atoms. The second-order valence-electron chi connectivity index (χ2n) is 17.8. The van der Waals surface area contributed by atoms with Crippen molar-refractivity contribution in [1.82, 2.24) is 0 Å². The lowest BCUT2D eigenvalue weighted by atomic mass is 10.1. The fraction of sp³-hybridized carbons (Fsp3) is 0.712. The minimum absolute atomic E-state index is 0.0864. The van der Waals surface area contributed by atoms with E-state index in [1.165, 1.54) is 96.3 Å². The predicted molar refractivity (Wildman–Crippen MR) is 279 cm³/mol. The van der Waals surface area contributed by atoms with Gasteiger partial charge in [-0.15, -0.1) is 0 Å². The smallest absolute Gasteiger partial charge is 0.306 e. The summed E-state index contributed by atoms with van der Waals surface area (Å²) in [4.78, 5) is 37.7. The van der Waals surface area contributed by atoms with Crippen LogP contribution in [-0.4, -0.2) is 37.2 Å². The molecule has 65 heavy (non-hydrogen) atoms. The van der Waals surface area contributed by atoms with Crippen LogP contribution in [-0.2, 0) is 28.6 Å². The van der Waals surface area contributed by atoms with Crippen LogP contribution in [0, 0.1) is 0 Å². The molecule has 0 aromatic rings. The molecule has 0 fully saturated rings. The zero-order chi connectivity index (χ0) is 47.2. The van der Waals surface area contributed by atoms with Crippen LogP contribution in [0.2, 0.25) is 0 Å². The van der Waals surface area contributed by atoms with Crippen molar-refractivity contribution in [2.45, 2.75) is 258 Å². The van der Waals surface area contributed by atoms with Crippen molar-refractivity contribution >= 4 is 17.9 Å².